The van der Waals surface area contributed by atoms with Gasteiger partial charge >= 0.3 is 6.18 Å². The molecule has 2 heterocycles. The Morgan fingerprint density at radius 3 is 2.37 bits per heavy atom. The van der Waals surface area contributed by atoms with Crippen molar-refractivity contribution < 1.29 is 31.8 Å². The molecule has 0 aliphatic heterocycles. The molecule has 0 unspecified atom stereocenters. The molecule has 4 rings (SSSR count). The number of amides is 1. The molecule has 0 saturated heterocycles. The van der Waals surface area contributed by atoms with E-state index in [1.54, 1.807) is 41.2 Å². The number of H-pyrrole nitrogens is 1. The Labute approximate surface area is 232 Å². The van der Waals surface area contributed by atoms with Crippen molar-refractivity contribution in [1.82, 2.24) is 14.8 Å². The van der Waals surface area contributed by atoms with Crippen molar-refractivity contribution in [3.8, 4) is 34.0 Å². The fourth-order valence-electron chi connectivity index (χ4n) is 4.08. The van der Waals surface area contributed by atoms with Gasteiger partial charge in [0.25, 0.3) is 11.5 Å². The largest absolute Gasteiger partial charge is 0.494 e. The second kappa shape index (κ2) is 12.7. The van der Waals surface area contributed by atoms with E-state index < -0.39 is 29.9 Å². The molecule has 0 saturated carbocycles. The quantitative estimate of drug-likeness (QED) is 0.159. The number of anilines is 1. The number of nitrogens with one attached hydrogen (secondary N) is 2. The van der Waals surface area contributed by atoms with Crippen LogP contribution in [0.3, 0.4) is 0 Å². The molecule has 216 valence electrons. The van der Waals surface area contributed by atoms with Gasteiger partial charge in [-0.05, 0) is 68.8 Å². The fourth-order valence-corrected chi connectivity index (χ4v) is 4.08. The van der Waals surface area contributed by atoms with Gasteiger partial charge in [0.2, 0.25) is 0 Å². The Hall–Kier alpha value is -4.61. The summed E-state index contributed by atoms with van der Waals surface area (Å²) in [6.45, 7) is 4.52. The van der Waals surface area contributed by atoms with Gasteiger partial charge in [0, 0.05) is 42.0 Å². The first kappa shape index (κ1) is 29.4. The number of hydrogen-bond acceptors (Lipinski definition) is 5. The predicted molar refractivity (Wildman–Crippen MR) is 146 cm³/mol. The Morgan fingerprint density at radius 2 is 1.73 bits per heavy atom. The summed E-state index contributed by atoms with van der Waals surface area (Å²) in [4.78, 5) is 29.2. The van der Waals surface area contributed by atoms with Gasteiger partial charge in [0.1, 0.15) is 22.9 Å². The molecule has 0 bridgehead atoms. The van der Waals surface area contributed by atoms with Crippen molar-refractivity contribution in [3.63, 3.8) is 0 Å². The summed E-state index contributed by atoms with van der Waals surface area (Å²) in [7, 11) is 0. The Bertz CT molecular complexity index is 1560. The molecular formula is C29H28F4N4O4. The number of rotatable bonds is 11. The summed E-state index contributed by atoms with van der Waals surface area (Å²) in [6.07, 6.45) is -3.89. The van der Waals surface area contributed by atoms with Crippen molar-refractivity contribution in [2.75, 3.05) is 18.5 Å². The number of carbonyl (C=O) groups excluding carboxylic acids is 1. The zero-order valence-electron chi connectivity index (χ0n) is 22.3. The van der Waals surface area contributed by atoms with E-state index >= 15 is 4.39 Å². The molecule has 0 aliphatic carbocycles. The van der Waals surface area contributed by atoms with Crippen molar-refractivity contribution >= 4 is 11.6 Å². The minimum absolute atomic E-state index is 0.000568. The lowest BCUT2D eigenvalue weighted by atomic mass is 10.0. The lowest BCUT2D eigenvalue weighted by Crippen LogP contribution is -2.25. The van der Waals surface area contributed by atoms with Crippen LogP contribution in [0.4, 0.5) is 23.2 Å². The average molecular weight is 573 g/mol. The van der Waals surface area contributed by atoms with Gasteiger partial charge < -0.3 is 19.8 Å². The number of halogens is 4. The van der Waals surface area contributed by atoms with E-state index in [4.69, 9.17) is 9.47 Å². The summed E-state index contributed by atoms with van der Waals surface area (Å²) in [5, 5.41) is 7.13. The van der Waals surface area contributed by atoms with Gasteiger partial charge in [0.15, 0.2) is 0 Å². The maximum atomic E-state index is 15.1. The van der Waals surface area contributed by atoms with Crippen LogP contribution >= 0.6 is 0 Å². The monoisotopic (exact) mass is 572 g/mol. The number of alkyl halides is 3. The van der Waals surface area contributed by atoms with Gasteiger partial charge in [-0.1, -0.05) is 0 Å². The van der Waals surface area contributed by atoms with Crippen LogP contribution in [0.25, 0.3) is 22.5 Å². The average Bonchev–Trinajstić information content (AvgIpc) is 3.41. The second-order valence-corrected chi connectivity index (χ2v) is 8.98. The standard InChI is InChI=1S/C29H28F4N4O4/c1-3-37-14-12-24(36-37)22-17-25(21-11-10-20(16-23(21)30)41-15-5-13-29(31,32)33)35-28(39)26(22)27(38)34-18-6-8-19(9-7-18)40-4-2/h6-12,14,16-17H,3-5,13,15H2,1-2H3,(H,34,38)(H,35,39). The highest BCUT2D eigenvalue weighted by molar-refractivity contribution is 6.08. The zero-order chi connectivity index (χ0) is 29.6. The third-order valence-corrected chi connectivity index (χ3v) is 6.03. The highest BCUT2D eigenvalue weighted by Crippen LogP contribution is 2.30. The number of nitrogens with zero attached hydrogens (tertiary/aromatic N) is 2. The van der Waals surface area contributed by atoms with Gasteiger partial charge in [-0.15, -0.1) is 0 Å². The maximum Gasteiger partial charge on any atom is 0.389 e. The summed E-state index contributed by atoms with van der Waals surface area (Å²) < 4.78 is 64.4. The van der Waals surface area contributed by atoms with E-state index in [0.29, 0.717) is 30.3 Å². The molecule has 2 aromatic carbocycles. The first-order valence-electron chi connectivity index (χ1n) is 12.9. The van der Waals surface area contributed by atoms with Gasteiger partial charge in [-0.25, -0.2) is 4.39 Å². The van der Waals surface area contributed by atoms with E-state index in [9.17, 15) is 22.8 Å². The molecule has 0 radical (unpaired) electrons. The van der Waals surface area contributed by atoms with Crippen molar-refractivity contribution in [2.24, 2.45) is 0 Å². The number of hydrogen-bond donors (Lipinski definition) is 2. The van der Waals surface area contributed by atoms with E-state index in [1.165, 1.54) is 18.2 Å². The summed E-state index contributed by atoms with van der Waals surface area (Å²) in [6, 6.07) is 13.5. The van der Waals surface area contributed by atoms with Crippen LogP contribution in [0, 0.1) is 5.82 Å². The zero-order valence-corrected chi connectivity index (χ0v) is 22.3. The molecule has 2 aromatic heterocycles. The maximum absolute atomic E-state index is 15.1. The number of aromatic amines is 1. The normalized spacial score (nSPS) is 11.4. The molecule has 0 aliphatic rings. The third-order valence-electron chi connectivity index (χ3n) is 6.03. The Balaban J connectivity index is 1.65. The second-order valence-electron chi connectivity index (χ2n) is 8.98. The molecule has 12 heteroatoms. The molecule has 1 amide bonds. The first-order valence-corrected chi connectivity index (χ1v) is 12.9. The first-order chi connectivity index (χ1) is 19.6. The molecule has 0 fully saturated rings. The fraction of sp³-hybridized carbons (Fsp3) is 0.276. The Kier molecular flexibility index (Phi) is 9.10. The van der Waals surface area contributed by atoms with Crippen LogP contribution in [0.5, 0.6) is 11.5 Å². The number of carbonyl (C=O) groups is 1. The molecule has 41 heavy (non-hydrogen) atoms. The van der Waals surface area contributed by atoms with Crippen LogP contribution in [0.2, 0.25) is 0 Å². The van der Waals surface area contributed by atoms with Crippen molar-refractivity contribution in [1.29, 1.82) is 0 Å². The van der Waals surface area contributed by atoms with Crippen molar-refractivity contribution in [2.45, 2.75) is 39.4 Å². The molecule has 4 aromatic rings. The smallest absolute Gasteiger partial charge is 0.389 e. The van der Waals surface area contributed by atoms with Crippen molar-refractivity contribution in [3.05, 3.63) is 82.5 Å². The summed E-state index contributed by atoms with van der Waals surface area (Å²) in [5.41, 5.74) is 0.0539. The SMILES string of the molecule is CCOc1ccc(NC(=O)c2c(-c3ccn(CC)n3)cc(-c3ccc(OCCCC(F)(F)F)cc3F)[nH]c2=O)cc1. The molecule has 0 atom stereocenters. The molecule has 8 nitrogen and oxygen atoms in total. The minimum Gasteiger partial charge on any atom is -0.494 e. The number of aromatic nitrogens is 3. The molecule has 0 spiro atoms. The van der Waals surface area contributed by atoms with E-state index in [2.05, 4.69) is 15.4 Å². The summed E-state index contributed by atoms with van der Waals surface area (Å²) in [5.74, 6) is -0.793. The number of pyridine rings is 1. The van der Waals surface area contributed by atoms with Gasteiger partial charge in [0.05, 0.1) is 24.6 Å². The van der Waals surface area contributed by atoms with Crippen LogP contribution in [-0.2, 0) is 6.54 Å². The number of benzene rings is 2. The third kappa shape index (κ3) is 7.53. The van der Waals surface area contributed by atoms with E-state index in [0.717, 1.165) is 6.07 Å². The number of ether oxygens (including phenoxy) is 2. The Morgan fingerprint density at radius 1 is 1.00 bits per heavy atom. The lowest BCUT2D eigenvalue weighted by molar-refractivity contribution is -0.136. The van der Waals surface area contributed by atoms with Crippen LogP contribution < -0.4 is 20.3 Å². The van der Waals surface area contributed by atoms with Gasteiger partial charge in [-0.3, -0.25) is 14.3 Å². The predicted octanol–water partition coefficient (Wildman–Crippen LogP) is 6.44. The highest BCUT2D eigenvalue weighted by atomic mass is 19.4. The number of aryl methyl sites for hydroxylation is 1. The lowest BCUT2D eigenvalue weighted by Gasteiger charge is -2.13. The topological polar surface area (TPSA) is 98.2 Å². The van der Waals surface area contributed by atoms with Crippen LogP contribution in [0.15, 0.2) is 65.6 Å². The summed E-state index contributed by atoms with van der Waals surface area (Å²) >= 11 is 0. The molecule has 2 N–H and O–H groups in total. The van der Waals surface area contributed by atoms with Gasteiger partial charge in [-0.2, -0.15) is 18.3 Å². The van der Waals surface area contributed by atoms with Crippen LogP contribution in [-0.4, -0.2) is 40.1 Å². The minimum atomic E-state index is -4.30. The van der Waals surface area contributed by atoms with E-state index in [1.807, 2.05) is 13.8 Å². The van der Waals surface area contributed by atoms with Crippen LogP contribution in [0.1, 0.15) is 37.0 Å². The molecular weight excluding hydrogens is 544 g/mol. The highest BCUT2D eigenvalue weighted by Gasteiger charge is 2.26. The van der Waals surface area contributed by atoms with E-state index in [-0.39, 0.29) is 41.2 Å².